The summed E-state index contributed by atoms with van der Waals surface area (Å²) < 4.78 is 6.53. The van der Waals surface area contributed by atoms with E-state index in [1.807, 2.05) is 41.5 Å². The summed E-state index contributed by atoms with van der Waals surface area (Å²) in [7, 11) is 0. The molecule has 0 saturated carbocycles. The molecule has 1 aromatic heterocycles. The Balaban J connectivity index is 1.30. The molecule has 1 unspecified atom stereocenters. The lowest BCUT2D eigenvalue weighted by atomic mass is 9.85. The fraction of sp³-hybridized carbons (Fsp3) is 0.0256. The zero-order chi connectivity index (χ0) is 28.5. The van der Waals surface area contributed by atoms with Crippen LogP contribution in [0.4, 0.5) is 0 Å². The summed E-state index contributed by atoms with van der Waals surface area (Å²) in [4.78, 5) is 6.45. The lowest BCUT2D eigenvalue weighted by Crippen LogP contribution is -2.41. The quantitative estimate of drug-likeness (QED) is 0.216. The van der Waals surface area contributed by atoms with Gasteiger partial charge in [0.05, 0.1) is 0 Å². The van der Waals surface area contributed by atoms with Crippen LogP contribution in [0.1, 0.15) is 11.1 Å². The van der Waals surface area contributed by atoms with E-state index in [4.69, 9.17) is 9.25 Å². The van der Waals surface area contributed by atoms with Crippen LogP contribution < -0.4 is 10.2 Å². The molecule has 3 heterocycles. The Morgan fingerprint density at radius 3 is 1.98 bits per heavy atom. The van der Waals surface area contributed by atoms with Gasteiger partial charge in [0.1, 0.15) is 11.2 Å². The van der Waals surface area contributed by atoms with E-state index >= 15 is 0 Å². The number of benzene rings is 6. The lowest BCUT2D eigenvalue weighted by Gasteiger charge is -2.30. The first-order chi connectivity index (χ1) is 21.2. The van der Waals surface area contributed by atoms with Crippen LogP contribution in [0.5, 0.6) is 5.75 Å². The van der Waals surface area contributed by atoms with Crippen molar-refractivity contribution in [2.24, 2.45) is 0 Å². The van der Waals surface area contributed by atoms with Gasteiger partial charge in [-0.25, -0.2) is 0 Å². The van der Waals surface area contributed by atoms with E-state index in [1.165, 1.54) is 32.7 Å². The van der Waals surface area contributed by atoms with E-state index in [0.717, 1.165) is 50.1 Å². The second kappa shape index (κ2) is 9.13. The molecule has 0 saturated heterocycles. The molecule has 4 nitrogen and oxygen atoms in total. The minimum absolute atomic E-state index is 0.175. The van der Waals surface area contributed by atoms with Crippen molar-refractivity contribution in [3.63, 3.8) is 0 Å². The zero-order valence-electron chi connectivity index (χ0n) is 23.2. The number of hydroxylamine groups is 2. The Labute approximate surface area is 248 Å². The maximum atomic E-state index is 6.53. The third-order valence-corrected chi connectivity index (χ3v) is 8.63. The van der Waals surface area contributed by atoms with Crippen LogP contribution in [0, 0.1) is 0 Å². The third kappa shape index (κ3) is 3.57. The topological polar surface area (TPSA) is 37.6 Å². The van der Waals surface area contributed by atoms with Crippen molar-refractivity contribution in [2.45, 2.75) is 6.17 Å². The predicted molar refractivity (Wildman–Crippen MR) is 176 cm³/mol. The fourth-order valence-corrected chi connectivity index (χ4v) is 6.72. The second-order valence-electron chi connectivity index (χ2n) is 11.1. The molecule has 4 heteroatoms. The molecule has 2 aliphatic rings. The van der Waals surface area contributed by atoms with Gasteiger partial charge in [0, 0.05) is 44.9 Å². The van der Waals surface area contributed by atoms with Crippen LogP contribution in [0.15, 0.2) is 145 Å². The van der Waals surface area contributed by atoms with Gasteiger partial charge >= 0.3 is 0 Å². The molecule has 0 aliphatic carbocycles. The number of para-hydroxylation sites is 3. The number of furan rings is 1. The van der Waals surface area contributed by atoms with Gasteiger partial charge in [0.2, 0.25) is 0 Å². The highest BCUT2D eigenvalue weighted by Crippen LogP contribution is 2.46. The third-order valence-electron chi connectivity index (χ3n) is 8.63. The summed E-state index contributed by atoms with van der Waals surface area (Å²) in [5.74, 6) is 0.775. The molecule has 0 radical (unpaired) electrons. The van der Waals surface area contributed by atoms with E-state index in [9.17, 15) is 0 Å². The average Bonchev–Trinajstić information content (AvgIpc) is 3.37. The van der Waals surface area contributed by atoms with E-state index < -0.39 is 0 Å². The van der Waals surface area contributed by atoms with Crippen molar-refractivity contribution in [2.75, 3.05) is 0 Å². The number of allylic oxidation sites excluding steroid dienone is 2. The van der Waals surface area contributed by atoms with Crippen LogP contribution in [0.25, 0.3) is 65.9 Å². The Kier molecular flexibility index (Phi) is 5.08. The zero-order valence-corrected chi connectivity index (χ0v) is 23.2. The average molecular weight is 555 g/mol. The standard InChI is InChI=1S/C39H26N2O2/c1-24-26-11-6-9-20-35(26)43-41-23-25(21-22-36(41)40-24)37-28-13-2-4-15-30(28)38(31-16-5-3-14-29(31)37)33-18-10-17-32-27-12-7-8-19-34(27)42-39(32)33/h2-23,36,40H,1H2. The number of hydrogen-bond donors (Lipinski definition) is 1. The molecule has 2 aliphatic heterocycles. The highest BCUT2D eigenvalue weighted by molar-refractivity contribution is 6.22. The first kappa shape index (κ1) is 23.9. The highest BCUT2D eigenvalue weighted by atomic mass is 16.7. The van der Waals surface area contributed by atoms with E-state index in [0.29, 0.717) is 0 Å². The number of fused-ring (bicyclic) bond motifs is 7. The molecule has 204 valence electrons. The van der Waals surface area contributed by atoms with E-state index in [2.05, 4.69) is 109 Å². The van der Waals surface area contributed by atoms with Crippen LogP contribution in [-0.4, -0.2) is 11.2 Å². The van der Waals surface area contributed by atoms with Crippen molar-refractivity contribution < 1.29 is 9.25 Å². The summed E-state index contributed by atoms with van der Waals surface area (Å²) in [5.41, 5.74) is 8.12. The first-order valence-corrected chi connectivity index (χ1v) is 14.5. The van der Waals surface area contributed by atoms with Crippen molar-refractivity contribution in [1.29, 1.82) is 0 Å². The second-order valence-corrected chi connectivity index (χ2v) is 11.1. The molecular weight excluding hydrogens is 528 g/mol. The number of nitrogens with zero attached hydrogens (tertiary/aromatic N) is 1. The van der Waals surface area contributed by atoms with Crippen LogP contribution >= 0.6 is 0 Å². The first-order valence-electron chi connectivity index (χ1n) is 14.5. The predicted octanol–water partition coefficient (Wildman–Crippen LogP) is 9.67. The fourth-order valence-electron chi connectivity index (χ4n) is 6.72. The van der Waals surface area contributed by atoms with Gasteiger partial charge in [-0.2, -0.15) is 5.06 Å². The maximum absolute atomic E-state index is 6.53. The van der Waals surface area contributed by atoms with Crippen LogP contribution in [-0.2, 0) is 0 Å². The monoisotopic (exact) mass is 554 g/mol. The SMILES string of the molecule is C=C1NC2C=CC(c3c4ccccc4c(-c4cccc5c4oc4ccccc45)c4ccccc34)=CN2Oc2ccccc21. The lowest BCUT2D eigenvalue weighted by molar-refractivity contribution is -0.0342. The van der Waals surface area contributed by atoms with Gasteiger partial charge in [-0.05, 0) is 51.4 Å². The van der Waals surface area contributed by atoms with Crippen molar-refractivity contribution in [3.8, 4) is 16.9 Å². The highest BCUT2D eigenvalue weighted by Gasteiger charge is 2.27. The number of rotatable bonds is 2. The van der Waals surface area contributed by atoms with Gasteiger partial charge in [0.25, 0.3) is 0 Å². The summed E-state index contributed by atoms with van der Waals surface area (Å²) in [5, 5.41) is 12.3. The van der Waals surface area contributed by atoms with Crippen molar-refractivity contribution >= 4 is 54.8 Å². The Morgan fingerprint density at radius 2 is 1.21 bits per heavy atom. The Hall–Kier alpha value is -5.74. The van der Waals surface area contributed by atoms with E-state index in [1.54, 1.807) is 0 Å². The van der Waals surface area contributed by atoms with Crippen LogP contribution in [0.3, 0.4) is 0 Å². The summed E-state index contributed by atoms with van der Waals surface area (Å²) in [6.07, 6.45) is 6.25. The summed E-state index contributed by atoms with van der Waals surface area (Å²) in [6, 6.07) is 40.1. The van der Waals surface area contributed by atoms with Gasteiger partial charge in [-0.15, -0.1) is 0 Å². The molecule has 7 aromatic rings. The normalized spacial score (nSPS) is 16.1. The molecular formula is C39H26N2O2. The Morgan fingerprint density at radius 1 is 0.605 bits per heavy atom. The van der Waals surface area contributed by atoms with Gasteiger partial charge < -0.3 is 14.6 Å². The number of hydrogen-bond acceptors (Lipinski definition) is 4. The summed E-state index contributed by atoms with van der Waals surface area (Å²) in [6.45, 7) is 4.26. The maximum Gasteiger partial charge on any atom is 0.164 e. The molecule has 1 atom stereocenters. The van der Waals surface area contributed by atoms with Gasteiger partial charge in [-0.1, -0.05) is 110 Å². The minimum Gasteiger partial charge on any atom is -0.455 e. The molecule has 0 bridgehead atoms. The molecule has 9 rings (SSSR count). The smallest absolute Gasteiger partial charge is 0.164 e. The van der Waals surface area contributed by atoms with Crippen LogP contribution in [0.2, 0.25) is 0 Å². The molecule has 0 amide bonds. The van der Waals surface area contributed by atoms with Crippen molar-refractivity contribution in [1.82, 2.24) is 10.4 Å². The van der Waals surface area contributed by atoms with Crippen molar-refractivity contribution in [3.05, 3.63) is 151 Å². The molecule has 43 heavy (non-hydrogen) atoms. The van der Waals surface area contributed by atoms with Gasteiger partial charge in [-0.3, -0.25) is 0 Å². The van der Waals surface area contributed by atoms with Gasteiger partial charge in [0.15, 0.2) is 11.9 Å². The molecule has 0 fully saturated rings. The van der Waals surface area contributed by atoms with E-state index in [-0.39, 0.29) is 6.17 Å². The molecule has 1 N–H and O–H groups in total. The summed E-state index contributed by atoms with van der Waals surface area (Å²) >= 11 is 0. The minimum atomic E-state index is -0.175. The largest absolute Gasteiger partial charge is 0.455 e. The number of nitrogens with one attached hydrogen (secondary N) is 1. The molecule has 0 spiro atoms. The Bertz CT molecular complexity index is 2280. The molecule has 6 aromatic carbocycles.